The van der Waals surface area contributed by atoms with Crippen molar-refractivity contribution in [2.24, 2.45) is 5.41 Å². The lowest BCUT2D eigenvalue weighted by molar-refractivity contribution is -0.0178. The summed E-state index contributed by atoms with van der Waals surface area (Å²) < 4.78 is 40.4. The number of nitrogens with zero attached hydrogens (tertiary/aromatic N) is 1. The van der Waals surface area contributed by atoms with Gasteiger partial charge in [-0.3, -0.25) is 0 Å². The van der Waals surface area contributed by atoms with E-state index in [1.165, 1.54) is 4.31 Å². The summed E-state index contributed by atoms with van der Waals surface area (Å²) >= 11 is 0. The monoisotopic (exact) mass is 335 g/mol. The molecule has 2 heterocycles. The Labute approximate surface area is 133 Å². The summed E-state index contributed by atoms with van der Waals surface area (Å²) in [6.45, 7) is 7.40. The predicted octanol–water partition coefficient (Wildman–Crippen LogP) is -0.0538. The molecule has 2 unspecified atom stereocenters. The Morgan fingerprint density at radius 2 is 2.05 bits per heavy atom. The predicted molar refractivity (Wildman–Crippen MR) is 84.9 cm³/mol. The molecule has 0 radical (unpaired) electrons. The highest BCUT2D eigenvalue weighted by Crippen LogP contribution is 2.29. The molecule has 8 heteroatoms. The van der Waals surface area contributed by atoms with Crippen LogP contribution in [0.15, 0.2) is 0 Å². The van der Waals surface area contributed by atoms with Crippen molar-refractivity contribution in [3.05, 3.63) is 0 Å². The highest BCUT2D eigenvalue weighted by Gasteiger charge is 2.37. The van der Waals surface area contributed by atoms with Crippen LogP contribution >= 0.6 is 0 Å². The minimum atomic E-state index is -3.49. The van der Waals surface area contributed by atoms with Crippen LogP contribution in [0, 0.1) is 5.41 Å². The molecule has 2 N–H and O–H groups in total. The van der Waals surface area contributed by atoms with Crippen LogP contribution in [-0.2, 0) is 19.7 Å². The molecule has 0 aromatic rings. The second kappa shape index (κ2) is 7.55. The molecule has 2 fully saturated rings. The fourth-order valence-electron chi connectivity index (χ4n) is 3.17. The van der Waals surface area contributed by atoms with Crippen molar-refractivity contribution < 1.29 is 17.9 Å². The Balaban J connectivity index is 2.01. The van der Waals surface area contributed by atoms with Gasteiger partial charge in [0.2, 0.25) is 0 Å². The second-order valence-electron chi connectivity index (χ2n) is 6.57. The normalized spacial score (nSPS) is 30.3. The van der Waals surface area contributed by atoms with Gasteiger partial charge in [-0.15, -0.1) is 0 Å². The van der Waals surface area contributed by atoms with E-state index in [4.69, 9.17) is 9.47 Å². The van der Waals surface area contributed by atoms with Gasteiger partial charge in [0.15, 0.2) is 0 Å². The molecule has 0 amide bonds. The Kier molecular flexibility index (Phi) is 6.21. The van der Waals surface area contributed by atoms with Crippen LogP contribution in [0.3, 0.4) is 0 Å². The van der Waals surface area contributed by atoms with Crippen LogP contribution in [0.5, 0.6) is 0 Å². The third-order valence-corrected chi connectivity index (χ3v) is 6.24. The first-order valence-corrected chi connectivity index (χ1v) is 9.40. The average Bonchev–Trinajstić information content (AvgIpc) is 2.49. The maximum absolute atomic E-state index is 12.6. The molecule has 0 aliphatic carbocycles. The van der Waals surface area contributed by atoms with E-state index < -0.39 is 10.2 Å². The smallest absolute Gasteiger partial charge is 0.279 e. The van der Waals surface area contributed by atoms with Crippen molar-refractivity contribution in [2.45, 2.75) is 38.8 Å². The molecule has 2 aliphatic rings. The van der Waals surface area contributed by atoms with Crippen molar-refractivity contribution in [3.8, 4) is 0 Å². The maximum atomic E-state index is 12.6. The summed E-state index contributed by atoms with van der Waals surface area (Å²) in [6.07, 6.45) is 1.76. The number of hydrogen-bond acceptors (Lipinski definition) is 5. The van der Waals surface area contributed by atoms with Crippen molar-refractivity contribution >= 4 is 10.2 Å². The van der Waals surface area contributed by atoms with Crippen LogP contribution in [0.4, 0.5) is 0 Å². The highest BCUT2D eigenvalue weighted by atomic mass is 32.2. The van der Waals surface area contributed by atoms with E-state index >= 15 is 0 Å². The molecule has 2 aliphatic heterocycles. The third-order valence-electron chi connectivity index (χ3n) is 4.60. The van der Waals surface area contributed by atoms with Crippen LogP contribution in [0.2, 0.25) is 0 Å². The minimum absolute atomic E-state index is 0.0698. The molecule has 0 bridgehead atoms. The molecule has 0 aromatic heterocycles. The molecule has 0 aromatic carbocycles. The van der Waals surface area contributed by atoms with E-state index in [1.807, 2.05) is 13.8 Å². The number of nitrogens with one attached hydrogen (secondary N) is 2. The van der Waals surface area contributed by atoms with Gasteiger partial charge in [0, 0.05) is 31.7 Å². The summed E-state index contributed by atoms with van der Waals surface area (Å²) in [5.74, 6) is 0. The van der Waals surface area contributed by atoms with E-state index in [0.29, 0.717) is 26.3 Å². The van der Waals surface area contributed by atoms with Gasteiger partial charge in [-0.1, -0.05) is 0 Å². The number of methoxy groups -OCH3 is 1. The zero-order valence-corrected chi connectivity index (χ0v) is 14.6. The first kappa shape index (κ1) is 18.1. The van der Waals surface area contributed by atoms with E-state index in [9.17, 15) is 8.42 Å². The lowest BCUT2D eigenvalue weighted by Crippen LogP contribution is -2.56. The zero-order valence-electron chi connectivity index (χ0n) is 13.8. The summed E-state index contributed by atoms with van der Waals surface area (Å²) in [5, 5.41) is 3.31. The highest BCUT2D eigenvalue weighted by molar-refractivity contribution is 7.87. The van der Waals surface area contributed by atoms with Gasteiger partial charge < -0.3 is 14.8 Å². The van der Waals surface area contributed by atoms with E-state index in [2.05, 4.69) is 10.0 Å². The van der Waals surface area contributed by atoms with E-state index in [1.54, 1.807) is 7.11 Å². The number of ether oxygens (including phenoxy) is 2. The van der Waals surface area contributed by atoms with Crippen LogP contribution in [0.1, 0.15) is 26.7 Å². The number of piperidine rings is 1. The molecule has 22 heavy (non-hydrogen) atoms. The molecule has 2 rings (SSSR count). The Bertz CT molecular complexity index is 445. The van der Waals surface area contributed by atoms with Crippen molar-refractivity contribution in [1.82, 2.24) is 14.3 Å². The number of morpholine rings is 1. The largest absolute Gasteiger partial charge is 0.384 e. The average molecular weight is 335 g/mol. The Morgan fingerprint density at radius 3 is 2.68 bits per heavy atom. The summed E-state index contributed by atoms with van der Waals surface area (Å²) in [5.41, 5.74) is -0.117. The van der Waals surface area contributed by atoms with Gasteiger partial charge in [-0.05, 0) is 39.8 Å². The molecule has 2 atom stereocenters. The Morgan fingerprint density at radius 1 is 1.36 bits per heavy atom. The summed E-state index contributed by atoms with van der Waals surface area (Å²) in [4.78, 5) is 0. The van der Waals surface area contributed by atoms with E-state index in [-0.39, 0.29) is 17.6 Å². The second-order valence-corrected chi connectivity index (χ2v) is 8.28. The van der Waals surface area contributed by atoms with Crippen LogP contribution in [-0.4, -0.2) is 71.4 Å². The third kappa shape index (κ3) is 4.39. The quantitative estimate of drug-likeness (QED) is 0.711. The molecule has 2 saturated heterocycles. The first-order valence-electron chi connectivity index (χ1n) is 7.96. The molecular formula is C14H29N3O4S. The summed E-state index contributed by atoms with van der Waals surface area (Å²) in [6, 6.07) is -0.139. The topological polar surface area (TPSA) is 79.9 Å². The molecule has 0 saturated carbocycles. The van der Waals surface area contributed by atoms with Gasteiger partial charge in [0.25, 0.3) is 10.2 Å². The van der Waals surface area contributed by atoms with Gasteiger partial charge in [0.1, 0.15) is 0 Å². The fourth-order valence-corrected chi connectivity index (χ4v) is 4.77. The fraction of sp³-hybridized carbons (Fsp3) is 1.00. The van der Waals surface area contributed by atoms with Gasteiger partial charge in [-0.25, -0.2) is 4.72 Å². The molecule has 0 spiro atoms. The number of hydrogen-bond donors (Lipinski definition) is 2. The van der Waals surface area contributed by atoms with Crippen LogP contribution < -0.4 is 10.0 Å². The maximum Gasteiger partial charge on any atom is 0.279 e. The Hall–Kier alpha value is -0.250. The zero-order chi connectivity index (χ0) is 16.2. The van der Waals surface area contributed by atoms with Crippen molar-refractivity contribution in [2.75, 3.05) is 46.5 Å². The SMILES string of the molecule is COCC1(CNS(=O)(=O)N2CC(C)OCC2C)CCNCC1. The number of rotatable bonds is 6. The molecular weight excluding hydrogens is 306 g/mol. The van der Waals surface area contributed by atoms with Gasteiger partial charge >= 0.3 is 0 Å². The lowest BCUT2D eigenvalue weighted by atomic mass is 9.80. The van der Waals surface area contributed by atoms with Gasteiger partial charge in [0.05, 0.1) is 19.3 Å². The molecule has 7 nitrogen and oxygen atoms in total. The standard InChI is InChI=1S/C14H29N3O4S/c1-12-9-21-13(2)8-17(12)22(18,19)16-10-14(11-20-3)4-6-15-7-5-14/h12-13,15-16H,4-11H2,1-3H3. The first-order chi connectivity index (χ1) is 10.4. The van der Waals surface area contributed by atoms with Gasteiger partial charge in [-0.2, -0.15) is 12.7 Å². The van der Waals surface area contributed by atoms with Crippen molar-refractivity contribution in [3.63, 3.8) is 0 Å². The van der Waals surface area contributed by atoms with Crippen LogP contribution in [0.25, 0.3) is 0 Å². The summed E-state index contributed by atoms with van der Waals surface area (Å²) in [7, 11) is -1.82. The minimum Gasteiger partial charge on any atom is -0.384 e. The van der Waals surface area contributed by atoms with Crippen molar-refractivity contribution in [1.29, 1.82) is 0 Å². The lowest BCUT2D eigenvalue weighted by Gasteiger charge is -2.39. The molecule has 130 valence electrons. The van der Waals surface area contributed by atoms with E-state index in [0.717, 1.165) is 25.9 Å².